The predicted octanol–water partition coefficient (Wildman–Crippen LogP) is 3.83. The number of aromatic nitrogens is 4. The van der Waals surface area contributed by atoms with E-state index in [-0.39, 0.29) is 11.6 Å². The van der Waals surface area contributed by atoms with Crippen LogP contribution in [0.1, 0.15) is 40.4 Å². The Kier molecular flexibility index (Phi) is 5.12. The number of rotatable bonds is 3. The number of halogens is 1. The fraction of sp³-hybridized carbons (Fsp3) is 0.261. The number of carbonyl (C=O) groups excluding carboxylic acids is 1. The fourth-order valence-corrected chi connectivity index (χ4v) is 4.44. The third-order valence-corrected chi connectivity index (χ3v) is 6.04. The summed E-state index contributed by atoms with van der Waals surface area (Å²) in [6.45, 7) is 2.67. The first-order chi connectivity index (χ1) is 15.9. The van der Waals surface area contributed by atoms with Gasteiger partial charge in [0.15, 0.2) is 11.5 Å². The number of aryl methyl sites for hydroxylation is 1. The summed E-state index contributed by atoms with van der Waals surface area (Å²) in [7, 11) is 0. The van der Waals surface area contributed by atoms with E-state index in [4.69, 9.17) is 0 Å². The zero-order valence-corrected chi connectivity index (χ0v) is 17.8. The Bertz CT molecular complexity index is 1390. The lowest BCUT2D eigenvalue weighted by Gasteiger charge is -2.30. The number of fused-ring (bicyclic) bond motifs is 2. The molecule has 0 unspecified atom stereocenters. The predicted molar refractivity (Wildman–Crippen MR) is 119 cm³/mol. The van der Waals surface area contributed by atoms with Gasteiger partial charge in [0.1, 0.15) is 5.52 Å². The molecule has 1 aliphatic rings. The van der Waals surface area contributed by atoms with Gasteiger partial charge in [0.05, 0.1) is 23.1 Å². The molecule has 0 saturated carbocycles. The van der Waals surface area contributed by atoms with Crippen molar-refractivity contribution in [3.8, 4) is 0 Å². The van der Waals surface area contributed by atoms with Gasteiger partial charge >= 0.3 is 6.09 Å². The van der Waals surface area contributed by atoms with E-state index < -0.39 is 17.8 Å². The molecular weight excluding hydrogens is 427 g/mol. The van der Waals surface area contributed by atoms with Gasteiger partial charge in [-0.3, -0.25) is 4.79 Å². The topological polar surface area (TPSA) is 113 Å². The van der Waals surface area contributed by atoms with Crippen LogP contribution in [0.25, 0.3) is 16.6 Å². The second-order valence-corrected chi connectivity index (χ2v) is 8.19. The zero-order chi connectivity index (χ0) is 23.1. The Morgan fingerprint density at radius 1 is 1.21 bits per heavy atom. The smallest absolute Gasteiger partial charge is 0.407 e. The molecule has 2 amide bonds. The molecule has 4 heterocycles. The summed E-state index contributed by atoms with van der Waals surface area (Å²) in [6, 6.07) is 6.55. The van der Waals surface area contributed by atoms with Crippen molar-refractivity contribution in [2.45, 2.75) is 25.7 Å². The van der Waals surface area contributed by atoms with Gasteiger partial charge in [0, 0.05) is 36.9 Å². The fourth-order valence-electron chi connectivity index (χ4n) is 4.44. The number of carbonyl (C=O) groups is 2. The van der Waals surface area contributed by atoms with Crippen molar-refractivity contribution in [1.29, 1.82) is 0 Å². The number of imidazole rings is 1. The van der Waals surface area contributed by atoms with Crippen LogP contribution in [0.3, 0.4) is 0 Å². The number of hydrogen-bond donors (Lipinski definition) is 2. The molecule has 0 atom stereocenters. The Morgan fingerprint density at radius 3 is 2.76 bits per heavy atom. The van der Waals surface area contributed by atoms with Gasteiger partial charge in [-0.1, -0.05) is 12.1 Å². The summed E-state index contributed by atoms with van der Waals surface area (Å²) in [6.07, 6.45) is 5.41. The Balaban J connectivity index is 1.45. The number of carboxylic acid groups (broad SMARTS) is 1. The number of piperidine rings is 1. The van der Waals surface area contributed by atoms with Crippen LogP contribution in [0.2, 0.25) is 0 Å². The molecule has 0 spiro atoms. The van der Waals surface area contributed by atoms with Crippen molar-refractivity contribution >= 4 is 34.2 Å². The summed E-state index contributed by atoms with van der Waals surface area (Å²) >= 11 is 0. The molecule has 5 rings (SSSR count). The number of nitrogens with zero attached hydrogens (tertiary/aromatic N) is 5. The lowest BCUT2D eigenvalue weighted by atomic mass is 9.88. The van der Waals surface area contributed by atoms with Gasteiger partial charge < -0.3 is 19.7 Å². The highest BCUT2D eigenvalue weighted by Crippen LogP contribution is 2.33. The Hall–Kier alpha value is -4.08. The number of nitrogens with one attached hydrogen (secondary N) is 1. The van der Waals surface area contributed by atoms with Crippen LogP contribution in [0.5, 0.6) is 0 Å². The number of anilines is 1. The average molecular weight is 448 g/mol. The highest BCUT2D eigenvalue weighted by molar-refractivity contribution is 6.12. The molecule has 0 aliphatic carbocycles. The van der Waals surface area contributed by atoms with Gasteiger partial charge in [-0.05, 0) is 37.3 Å². The van der Waals surface area contributed by atoms with E-state index in [1.165, 1.54) is 15.4 Å². The number of pyridine rings is 1. The lowest BCUT2D eigenvalue weighted by molar-refractivity contribution is 0.102. The van der Waals surface area contributed by atoms with Crippen molar-refractivity contribution in [2.24, 2.45) is 0 Å². The number of amides is 2. The molecule has 168 valence electrons. The Labute approximate surface area is 187 Å². The molecular formula is C23H21FN6O3. The first-order valence-electron chi connectivity index (χ1n) is 10.6. The van der Waals surface area contributed by atoms with Crippen LogP contribution in [-0.2, 0) is 0 Å². The molecule has 2 N–H and O–H groups in total. The molecule has 33 heavy (non-hydrogen) atoms. The van der Waals surface area contributed by atoms with Gasteiger partial charge in [0.25, 0.3) is 5.91 Å². The van der Waals surface area contributed by atoms with Crippen molar-refractivity contribution in [3.63, 3.8) is 0 Å². The van der Waals surface area contributed by atoms with Gasteiger partial charge in [-0.25, -0.2) is 14.2 Å². The minimum Gasteiger partial charge on any atom is -0.465 e. The summed E-state index contributed by atoms with van der Waals surface area (Å²) in [5.74, 6) is -0.838. The number of benzene rings is 1. The van der Waals surface area contributed by atoms with E-state index >= 15 is 0 Å². The maximum absolute atomic E-state index is 14.4. The second kappa shape index (κ2) is 8.12. The van der Waals surface area contributed by atoms with Crippen LogP contribution in [-0.4, -0.2) is 54.7 Å². The van der Waals surface area contributed by atoms with Gasteiger partial charge in [0.2, 0.25) is 0 Å². The molecule has 10 heteroatoms. The molecule has 1 fully saturated rings. The van der Waals surface area contributed by atoms with E-state index in [2.05, 4.69) is 20.5 Å². The summed E-state index contributed by atoms with van der Waals surface area (Å²) in [5.41, 5.74) is 2.88. The maximum atomic E-state index is 14.4. The molecule has 4 aromatic rings. The van der Waals surface area contributed by atoms with E-state index in [1.54, 1.807) is 37.6 Å². The molecule has 1 aliphatic heterocycles. The first kappa shape index (κ1) is 20.8. The quantitative estimate of drug-likeness (QED) is 0.493. The summed E-state index contributed by atoms with van der Waals surface area (Å²) in [5, 5.41) is 21.1. The standard InChI is InChI=1S/C23H21FN6O3/c1-13-11-30-12-15(9-19(24)21(30)26-13)27-22(31)17-4-2-3-16-18(10-25-28-20(16)17)14-5-7-29(8-6-14)23(32)33/h2-4,9-12,14H,5-8H2,1H3,(H,27,31)(H,32,33). The highest BCUT2D eigenvalue weighted by Gasteiger charge is 2.26. The van der Waals surface area contributed by atoms with E-state index in [0.29, 0.717) is 48.4 Å². The first-order valence-corrected chi connectivity index (χ1v) is 10.6. The molecule has 3 aromatic heterocycles. The molecule has 1 saturated heterocycles. The average Bonchev–Trinajstić information content (AvgIpc) is 3.19. The van der Waals surface area contributed by atoms with Crippen molar-refractivity contribution in [3.05, 3.63) is 65.5 Å². The molecule has 0 bridgehead atoms. The van der Waals surface area contributed by atoms with Gasteiger partial charge in [-0.2, -0.15) is 5.10 Å². The third kappa shape index (κ3) is 3.84. The SMILES string of the molecule is Cc1cn2cc(NC(=O)c3cccc4c(C5CCN(C(=O)O)CC5)cnnc34)cc(F)c2n1. The summed E-state index contributed by atoms with van der Waals surface area (Å²) in [4.78, 5) is 29.8. The summed E-state index contributed by atoms with van der Waals surface area (Å²) < 4.78 is 15.9. The van der Waals surface area contributed by atoms with Crippen LogP contribution in [0, 0.1) is 12.7 Å². The maximum Gasteiger partial charge on any atom is 0.407 e. The van der Waals surface area contributed by atoms with Crippen LogP contribution in [0.4, 0.5) is 14.9 Å². The van der Waals surface area contributed by atoms with Gasteiger partial charge in [-0.15, -0.1) is 5.10 Å². The zero-order valence-electron chi connectivity index (χ0n) is 17.8. The van der Waals surface area contributed by atoms with Crippen LogP contribution in [0.15, 0.2) is 42.9 Å². The lowest BCUT2D eigenvalue weighted by Crippen LogP contribution is -2.36. The van der Waals surface area contributed by atoms with Crippen molar-refractivity contribution in [1.82, 2.24) is 24.5 Å². The number of likely N-dealkylation sites (tertiary alicyclic amines) is 1. The number of hydrogen-bond acceptors (Lipinski definition) is 5. The van der Waals surface area contributed by atoms with Crippen LogP contribution < -0.4 is 5.32 Å². The minimum absolute atomic E-state index is 0.123. The normalized spacial score (nSPS) is 14.7. The second-order valence-electron chi connectivity index (χ2n) is 8.19. The Morgan fingerprint density at radius 2 is 2.00 bits per heavy atom. The van der Waals surface area contributed by atoms with E-state index in [1.807, 2.05) is 6.07 Å². The van der Waals surface area contributed by atoms with E-state index in [0.717, 1.165) is 10.9 Å². The van der Waals surface area contributed by atoms with Crippen LogP contribution >= 0.6 is 0 Å². The monoisotopic (exact) mass is 448 g/mol. The molecule has 1 aromatic carbocycles. The van der Waals surface area contributed by atoms with Crippen molar-refractivity contribution in [2.75, 3.05) is 18.4 Å². The molecule has 9 nitrogen and oxygen atoms in total. The minimum atomic E-state index is -0.911. The largest absolute Gasteiger partial charge is 0.465 e. The highest BCUT2D eigenvalue weighted by atomic mass is 19.1. The van der Waals surface area contributed by atoms with E-state index in [9.17, 15) is 19.1 Å². The third-order valence-electron chi connectivity index (χ3n) is 6.04. The van der Waals surface area contributed by atoms with Crippen molar-refractivity contribution < 1.29 is 19.1 Å². The molecule has 0 radical (unpaired) electrons.